The fourth-order valence-corrected chi connectivity index (χ4v) is 2.23. The van der Waals surface area contributed by atoms with Crippen molar-refractivity contribution in [2.75, 3.05) is 18.2 Å². The summed E-state index contributed by atoms with van der Waals surface area (Å²) in [6, 6.07) is 13.1. The molecule has 3 rings (SSSR count). The summed E-state index contributed by atoms with van der Waals surface area (Å²) >= 11 is 0. The van der Waals surface area contributed by atoms with Gasteiger partial charge in [-0.05, 0) is 29.8 Å². The molecule has 1 aromatic carbocycles. The van der Waals surface area contributed by atoms with Gasteiger partial charge in [-0.15, -0.1) is 0 Å². The number of nitriles is 1. The van der Waals surface area contributed by atoms with Gasteiger partial charge in [-0.2, -0.15) is 10.2 Å². The Balaban J connectivity index is 1.88. The van der Waals surface area contributed by atoms with Crippen LogP contribution in [0.4, 0.5) is 11.8 Å². The first-order chi connectivity index (χ1) is 11.7. The largest absolute Gasteiger partial charge is 0.497 e. The summed E-state index contributed by atoms with van der Waals surface area (Å²) in [6.45, 7) is 0.479. The molecule has 0 radical (unpaired) electrons. The Kier molecular flexibility index (Phi) is 4.29. The maximum atomic E-state index is 9.49. The summed E-state index contributed by atoms with van der Waals surface area (Å²) in [5.74, 6) is 1.68. The topological polar surface area (TPSA) is 110 Å². The number of aromatic nitrogens is 2. The number of benzene rings is 1. The summed E-state index contributed by atoms with van der Waals surface area (Å²) in [5, 5.41) is 12.6. The highest BCUT2D eigenvalue weighted by atomic mass is 16.5. The smallest absolute Gasteiger partial charge is 0.222 e. The monoisotopic (exact) mass is 321 g/mol. The van der Waals surface area contributed by atoms with E-state index in [4.69, 9.17) is 14.9 Å². The standard InChI is InChI=1S/C17H15N5O2/c1-23-12-6-4-11(5-7-12)10-20-16-13(9-18)15(21-17(19)22-16)14-3-2-8-24-14/h2-8H,10H2,1H3,(H3,19,20,21,22). The Morgan fingerprint density at radius 3 is 2.67 bits per heavy atom. The number of furan rings is 1. The summed E-state index contributed by atoms with van der Waals surface area (Å²) in [6.07, 6.45) is 1.51. The molecule has 0 amide bonds. The Labute approximate surface area is 138 Å². The van der Waals surface area contributed by atoms with Crippen molar-refractivity contribution in [2.24, 2.45) is 0 Å². The first-order valence-electron chi connectivity index (χ1n) is 7.19. The van der Waals surface area contributed by atoms with Crippen LogP contribution < -0.4 is 15.8 Å². The van der Waals surface area contributed by atoms with Gasteiger partial charge < -0.3 is 20.2 Å². The van der Waals surface area contributed by atoms with Gasteiger partial charge >= 0.3 is 0 Å². The third-order valence-corrected chi connectivity index (χ3v) is 3.41. The third-order valence-electron chi connectivity index (χ3n) is 3.41. The predicted molar refractivity (Wildman–Crippen MR) is 89.2 cm³/mol. The number of ether oxygens (including phenoxy) is 1. The molecule has 120 valence electrons. The molecule has 0 spiro atoms. The van der Waals surface area contributed by atoms with Crippen LogP contribution in [-0.2, 0) is 6.54 Å². The van der Waals surface area contributed by atoms with E-state index in [9.17, 15) is 5.26 Å². The summed E-state index contributed by atoms with van der Waals surface area (Å²) < 4.78 is 10.5. The molecule has 0 atom stereocenters. The van der Waals surface area contributed by atoms with E-state index in [1.54, 1.807) is 19.2 Å². The predicted octanol–water partition coefficient (Wildman–Crippen LogP) is 2.81. The van der Waals surface area contributed by atoms with Crippen molar-refractivity contribution in [1.29, 1.82) is 5.26 Å². The maximum Gasteiger partial charge on any atom is 0.222 e. The zero-order valence-electron chi connectivity index (χ0n) is 13.0. The molecule has 2 heterocycles. The Hall–Kier alpha value is -3.53. The second-order valence-electron chi connectivity index (χ2n) is 4.94. The fraction of sp³-hybridized carbons (Fsp3) is 0.118. The van der Waals surface area contributed by atoms with Gasteiger partial charge in [0.1, 0.15) is 23.1 Å². The first-order valence-corrected chi connectivity index (χ1v) is 7.19. The van der Waals surface area contributed by atoms with E-state index in [0.29, 0.717) is 23.8 Å². The van der Waals surface area contributed by atoms with E-state index in [-0.39, 0.29) is 11.5 Å². The van der Waals surface area contributed by atoms with Crippen LogP contribution in [0.5, 0.6) is 5.75 Å². The lowest BCUT2D eigenvalue weighted by atomic mass is 10.1. The zero-order valence-corrected chi connectivity index (χ0v) is 13.0. The number of nitrogens with one attached hydrogen (secondary N) is 1. The lowest BCUT2D eigenvalue weighted by Crippen LogP contribution is -2.08. The van der Waals surface area contributed by atoms with Gasteiger partial charge in [0.05, 0.1) is 13.4 Å². The molecule has 0 fully saturated rings. The summed E-state index contributed by atoms with van der Waals surface area (Å²) in [4.78, 5) is 8.25. The van der Waals surface area contributed by atoms with E-state index in [1.807, 2.05) is 24.3 Å². The van der Waals surface area contributed by atoms with E-state index in [0.717, 1.165) is 11.3 Å². The molecule has 0 aliphatic rings. The van der Waals surface area contributed by atoms with Gasteiger partial charge in [0.25, 0.3) is 0 Å². The number of nitrogens with two attached hydrogens (primary N) is 1. The molecular formula is C17H15N5O2. The quantitative estimate of drug-likeness (QED) is 0.743. The minimum atomic E-state index is 0.0673. The van der Waals surface area contributed by atoms with E-state index >= 15 is 0 Å². The van der Waals surface area contributed by atoms with Crippen molar-refractivity contribution in [2.45, 2.75) is 6.54 Å². The van der Waals surface area contributed by atoms with Crippen LogP contribution in [0.3, 0.4) is 0 Å². The van der Waals surface area contributed by atoms with Crippen LogP contribution in [0, 0.1) is 11.3 Å². The van der Waals surface area contributed by atoms with E-state index in [1.165, 1.54) is 6.26 Å². The maximum absolute atomic E-state index is 9.49. The molecule has 0 saturated carbocycles. The molecule has 0 unspecified atom stereocenters. The van der Waals surface area contributed by atoms with Gasteiger partial charge in [0.2, 0.25) is 5.95 Å². The van der Waals surface area contributed by atoms with Crippen molar-refractivity contribution in [1.82, 2.24) is 9.97 Å². The molecule has 7 nitrogen and oxygen atoms in total. The Morgan fingerprint density at radius 2 is 2.04 bits per heavy atom. The number of hydrogen-bond acceptors (Lipinski definition) is 7. The molecule has 2 aromatic heterocycles. The Morgan fingerprint density at radius 1 is 1.25 bits per heavy atom. The van der Waals surface area contributed by atoms with Gasteiger partial charge in [0.15, 0.2) is 11.6 Å². The van der Waals surface area contributed by atoms with Crippen LogP contribution >= 0.6 is 0 Å². The number of anilines is 2. The number of nitrogen functional groups attached to an aromatic ring is 1. The second kappa shape index (κ2) is 6.71. The van der Waals surface area contributed by atoms with Crippen LogP contribution in [0.25, 0.3) is 11.5 Å². The summed E-state index contributed by atoms with van der Waals surface area (Å²) in [7, 11) is 1.62. The fourth-order valence-electron chi connectivity index (χ4n) is 2.23. The molecule has 0 bridgehead atoms. The molecular weight excluding hydrogens is 306 g/mol. The molecule has 0 aliphatic carbocycles. The summed E-state index contributed by atoms with van der Waals surface area (Å²) in [5.41, 5.74) is 7.43. The normalized spacial score (nSPS) is 10.2. The van der Waals surface area contributed by atoms with Crippen molar-refractivity contribution in [3.63, 3.8) is 0 Å². The number of nitrogens with zero attached hydrogens (tertiary/aromatic N) is 3. The number of methoxy groups -OCH3 is 1. The van der Waals surface area contributed by atoms with Gasteiger partial charge in [0, 0.05) is 6.54 Å². The van der Waals surface area contributed by atoms with Crippen LogP contribution in [0.2, 0.25) is 0 Å². The highest BCUT2D eigenvalue weighted by Gasteiger charge is 2.16. The van der Waals surface area contributed by atoms with Crippen molar-refractivity contribution in [3.8, 4) is 23.3 Å². The van der Waals surface area contributed by atoms with Crippen molar-refractivity contribution >= 4 is 11.8 Å². The van der Waals surface area contributed by atoms with Gasteiger partial charge in [-0.3, -0.25) is 0 Å². The van der Waals surface area contributed by atoms with Crippen molar-refractivity contribution in [3.05, 3.63) is 53.8 Å². The van der Waals surface area contributed by atoms with Crippen LogP contribution in [-0.4, -0.2) is 17.1 Å². The van der Waals surface area contributed by atoms with Gasteiger partial charge in [-0.1, -0.05) is 12.1 Å². The first kappa shape index (κ1) is 15.4. The molecule has 3 aromatic rings. The molecule has 7 heteroatoms. The SMILES string of the molecule is COc1ccc(CNc2nc(N)nc(-c3ccco3)c2C#N)cc1. The molecule has 3 N–H and O–H groups in total. The van der Waals surface area contributed by atoms with Crippen LogP contribution in [0.1, 0.15) is 11.1 Å². The highest BCUT2D eigenvalue weighted by molar-refractivity contribution is 5.71. The number of rotatable bonds is 5. The van der Waals surface area contributed by atoms with Gasteiger partial charge in [-0.25, -0.2) is 4.98 Å². The van der Waals surface area contributed by atoms with Crippen LogP contribution in [0.15, 0.2) is 47.1 Å². The van der Waals surface area contributed by atoms with E-state index < -0.39 is 0 Å². The van der Waals surface area contributed by atoms with Crippen molar-refractivity contribution < 1.29 is 9.15 Å². The molecule has 0 saturated heterocycles. The molecule has 0 aliphatic heterocycles. The number of hydrogen-bond donors (Lipinski definition) is 2. The third kappa shape index (κ3) is 3.13. The zero-order chi connectivity index (χ0) is 16.9. The average molecular weight is 321 g/mol. The highest BCUT2D eigenvalue weighted by Crippen LogP contribution is 2.27. The average Bonchev–Trinajstić information content (AvgIpc) is 3.14. The Bertz CT molecular complexity index is 867. The lowest BCUT2D eigenvalue weighted by Gasteiger charge is -2.10. The van der Waals surface area contributed by atoms with E-state index in [2.05, 4.69) is 21.4 Å². The minimum Gasteiger partial charge on any atom is -0.497 e. The lowest BCUT2D eigenvalue weighted by molar-refractivity contribution is 0.414. The minimum absolute atomic E-state index is 0.0673. The second-order valence-corrected chi connectivity index (χ2v) is 4.94. The molecule has 24 heavy (non-hydrogen) atoms.